The second-order valence-electron chi connectivity index (χ2n) is 4.46. The smallest absolute Gasteiger partial charge is 0.314 e. The van der Waals surface area contributed by atoms with Gasteiger partial charge in [-0.25, -0.2) is 0 Å². The van der Waals surface area contributed by atoms with Crippen LogP contribution in [-0.2, 0) is 12.6 Å². The number of nitrogens with zero attached hydrogens (tertiary/aromatic N) is 1. The van der Waals surface area contributed by atoms with Crippen LogP contribution in [0.15, 0.2) is 18.2 Å². The van der Waals surface area contributed by atoms with E-state index in [1.54, 1.807) is 0 Å². The van der Waals surface area contributed by atoms with Crippen molar-refractivity contribution < 1.29 is 18.1 Å². The standard InChI is InChI=1S/C13H17F3N2O2/c1-3-10(17-4-2)7-9-5-6-11(18(19)20)8-12(9)13(14,15)16/h5-6,8,10,17H,3-4,7H2,1-2H3. The second kappa shape index (κ2) is 6.69. The molecule has 0 aromatic heterocycles. The molecule has 0 heterocycles. The first-order chi connectivity index (χ1) is 9.29. The lowest BCUT2D eigenvalue weighted by Gasteiger charge is -2.19. The number of rotatable bonds is 6. The Bertz CT molecular complexity index is 475. The normalized spacial score (nSPS) is 13.2. The van der Waals surface area contributed by atoms with Crippen LogP contribution in [0, 0.1) is 10.1 Å². The lowest BCUT2D eigenvalue weighted by Crippen LogP contribution is -2.31. The molecule has 0 aliphatic heterocycles. The Balaban J connectivity index is 3.15. The molecule has 0 spiro atoms. The quantitative estimate of drug-likeness (QED) is 0.644. The first-order valence-electron chi connectivity index (χ1n) is 6.37. The monoisotopic (exact) mass is 290 g/mol. The van der Waals surface area contributed by atoms with Crippen molar-refractivity contribution >= 4 is 5.69 Å². The minimum atomic E-state index is -4.59. The van der Waals surface area contributed by atoms with Gasteiger partial charge in [0.2, 0.25) is 0 Å². The number of nitrogens with one attached hydrogen (secondary N) is 1. The number of nitro benzene ring substituents is 1. The van der Waals surface area contributed by atoms with Crippen LogP contribution in [0.4, 0.5) is 18.9 Å². The lowest BCUT2D eigenvalue weighted by molar-refractivity contribution is -0.385. The van der Waals surface area contributed by atoms with Crippen molar-refractivity contribution in [1.82, 2.24) is 5.32 Å². The summed E-state index contributed by atoms with van der Waals surface area (Å²) in [4.78, 5) is 9.78. The van der Waals surface area contributed by atoms with Crippen LogP contribution in [0.3, 0.4) is 0 Å². The van der Waals surface area contributed by atoms with Crippen molar-refractivity contribution in [3.05, 3.63) is 39.4 Å². The Labute approximate surface area is 115 Å². The van der Waals surface area contributed by atoms with Crippen LogP contribution in [-0.4, -0.2) is 17.5 Å². The van der Waals surface area contributed by atoms with Crippen molar-refractivity contribution in [3.63, 3.8) is 0 Å². The molecule has 1 unspecified atom stereocenters. The molecular weight excluding hydrogens is 273 g/mol. The molecule has 112 valence electrons. The molecule has 0 radical (unpaired) electrons. The predicted octanol–water partition coefficient (Wildman–Crippen LogP) is 3.54. The van der Waals surface area contributed by atoms with E-state index < -0.39 is 22.4 Å². The van der Waals surface area contributed by atoms with Crippen molar-refractivity contribution in [2.75, 3.05) is 6.54 Å². The third kappa shape index (κ3) is 4.19. The fourth-order valence-corrected chi connectivity index (χ4v) is 2.03. The Morgan fingerprint density at radius 3 is 2.45 bits per heavy atom. The highest BCUT2D eigenvalue weighted by atomic mass is 19.4. The first-order valence-corrected chi connectivity index (χ1v) is 6.37. The Kier molecular flexibility index (Phi) is 5.50. The molecule has 0 aliphatic rings. The topological polar surface area (TPSA) is 55.2 Å². The van der Waals surface area contributed by atoms with E-state index in [1.165, 1.54) is 6.07 Å². The van der Waals surface area contributed by atoms with E-state index in [-0.39, 0.29) is 18.0 Å². The number of hydrogen-bond acceptors (Lipinski definition) is 3. The fourth-order valence-electron chi connectivity index (χ4n) is 2.03. The van der Waals surface area contributed by atoms with Gasteiger partial charge in [-0.05, 0) is 24.9 Å². The van der Waals surface area contributed by atoms with Crippen LogP contribution in [0.1, 0.15) is 31.4 Å². The summed E-state index contributed by atoms with van der Waals surface area (Å²) >= 11 is 0. The van der Waals surface area contributed by atoms with E-state index in [0.29, 0.717) is 19.0 Å². The van der Waals surface area contributed by atoms with E-state index in [2.05, 4.69) is 5.32 Å². The molecule has 0 fully saturated rings. The SMILES string of the molecule is CCNC(CC)Cc1ccc([N+](=O)[O-])cc1C(F)(F)F. The van der Waals surface area contributed by atoms with E-state index in [0.717, 1.165) is 6.07 Å². The number of benzene rings is 1. The maximum Gasteiger partial charge on any atom is 0.416 e. The molecule has 1 aromatic carbocycles. The number of likely N-dealkylation sites (N-methyl/N-ethyl adjacent to an activating group) is 1. The maximum absolute atomic E-state index is 13.0. The van der Waals surface area contributed by atoms with Crippen LogP contribution < -0.4 is 5.32 Å². The Morgan fingerprint density at radius 2 is 2.00 bits per heavy atom. The Hall–Kier alpha value is -1.63. The molecule has 0 amide bonds. The number of halogens is 3. The largest absolute Gasteiger partial charge is 0.416 e. The minimum Gasteiger partial charge on any atom is -0.314 e. The van der Waals surface area contributed by atoms with E-state index in [1.807, 2.05) is 13.8 Å². The molecule has 0 saturated heterocycles. The van der Waals surface area contributed by atoms with Gasteiger partial charge in [0.1, 0.15) is 0 Å². The summed E-state index contributed by atoms with van der Waals surface area (Å²) in [6.07, 6.45) is -3.72. The first kappa shape index (κ1) is 16.4. The zero-order valence-electron chi connectivity index (χ0n) is 11.3. The van der Waals surface area contributed by atoms with Gasteiger partial charge in [0.25, 0.3) is 5.69 Å². The summed E-state index contributed by atoms with van der Waals surface area (Å²) in [5.74, 6) is 0. The molecule has 20 heavy (non-hydrogen) atoms. The number of nitro groups is 1. The van der Waals surface area contributed by atoms with Crippen molar-refractivity contribution in [1.29, 1.82) is 0 Å². The van der Waals surface area contributed by atoms with Crippen LogP contribution >= 0.6 is 0 Å². The van der Waals surface area contributed by atoms with Gasteiger partial charge >= 0.3 is 6.18 Å². The molecule has 0 aliphatic carbocycles. The highest BCUT2D eigenvalue weighted by molar-refractivity contribution is 5.41. The average molecular weight is 290 g/mol. The third-order valence-corrected chi connectivity index (χ3v) is 3.06. The van der Waals surface area contributed by atoms with Gasteiger partial charge in [0, 0.05) is 18.2 Å². The summed E-state index contributed by atoms with van der Waals surface area (Å²) in [7, 11) is 0. The zero-order chi connectivity index (χ0) is 15.3. The van der Waals surface area contributed by atoms with E-state index in [9.17, 15) is 23.3 Å². The minimum absolute atomic E-state index is 0.0795. The molecule has 1 N–H and O–H groups in total. The number of hydrogen-bond donors (Lipinski definition) is 1. The van der Waals surface area contributed by atoms with Gasteiger partial charge in [-0.1, -0.05) is 19.9 Å². The molecule has 1 aromatic rings. The van der Waals surface area contributed by atoms with Gasteiger partial charge < -0.3 is 5.32 Å². The molecule has 1 rings (SSSR count). The summed E-state index contributed by atoms with van der Waals surface area (Å²) in [6.45, 7) is 4.42. The molecule has 0 bridgehead atoms. The predicted molar refractivity (Wildman–Crippen MR) is 69.6 cm³/mol. The van der Waals surface area contributed by atoms with E-state index in [4.69, 9.17) is 0 Å². The highest BCUT2D eigenvalue weighted by Crippen LogP contribution is 2.35. The van der Waals surface area contributed by atoms with Crippen molar-refractivity contribution in [3.8, 4) is 0 Å². The molecular formula is C13H17F3N2O2. The zero-order valence-corrected chi connectivity index (χ0v) is 11.3. The molecule has 7 heteroatoms. The molecule has 0 saturated carbocycles. The molecule has 1 atom stereocenters. The fraction of sp³-hybridized carbons (Fsp3) is 0.538. The van der Waals surface area contributed by atoms with Gasteiger partial charge in [0.15, 0.2) is 0 Å². The third-order valence-electron chi connectivity index (χ3n) is 3.06. The average Bonchev–Trinajstić information content (AvgIpc) is 2.37. The van der Waals surface area contributed by atoms with Crippen LogP contribution in [0.25, 0.3) is 0 Å². The van der Waals surface area contributed by atoms with Gasteiger partial charge in [0.05, 0.1) is 10.5 Å². The highest BCUT2D eigenvalue weighted by Gasteiger charge is 2.35. The van der Waals surface area contributed by atoms with Crippen molar-refractivity contribution in [2.45, 2.75) is 38.9 Å². The molecule has 4 nitrogen and oxygen atoms in total. The van der Waals surface area contributed by atoms with Gasteiger partial charge in [-0.2, -0.15) is 13.2 Å². The van der Waals surface area contributed by atoms with Gasteiger partial charge in [-0.15, -0.1) is 0 Å². The lowest BCUT2D eigenvalue weighted by atomic mass is 9.98. The summed E-state index contributed by atoms with van der Waals surface area (Å²) in [5.41, 5.74) is -1.39. The number of non-ortho nitro benzene ring substituents is 1. The summed E-state index contributed by atoms with van der Waals surface area (Å²) < 4.78 is 39.0. The van der Waals surface area contributed by atoms with E-state index >= 15 is 0 Å². The summed E-state index contributed by atoms with van der Waals surface area (Å²) in [6, 6.07) is 2.83. The number of alkyl halides is 3. The Morgan fingerprint density at radius 1 is 1.35 bits per heavy atom. The van der Waals surface area contributed by atoms with Gasteiger partial charge in [-0.3, -0.25) is 10.1 Å². The summed E-state index contributed by atoms with van der Waals surface area (Å²) in [5, 5.41) is 13.7. The van der Waals surface area contributed by atoms with Crippen LogP contribution in [0.2, 0.25) is 0 Å². The second-order valence-corrected chi connectivity index (χ2v) is 4.46. The van der Waals surface area contributed by atoms with Crippen molar-refractivity contribution in [2.24, 2.45) is 0 Å². The maximum atomic E-state index is 13.0. The van der Waals surface area contributed by atoms with Crippen LogP contribution in [0.5, 0.6) is 0 Å².